The number of nitrogens with zero attached hydrogens (tertiary/aromatic N) is 5. The lowest BCUT2D eigenvalue weighted by Gasteiger charge is -2.11. The van der Waals surface area contributed by atoms with Gasteiger partial charge in [-0.05, 0) is 35.0 Å². The van der Waals surface area contributed by atoms with Gasteiger partial charge < -0.3 is 5.32 Å². The summed E-state index contributed by atoms with van der Waals surface area (Å²) in [5, 5.41) is 14.5. The van der Waals surface area contributed by atoms with Crippen LogP contribution in [0, 0.1) is 5.82 Å². The second-order valence-electron chi connectivity index (χ2n) is 6.70. The van der Waals surface area contributed by atoms with Crippen molar-refractivity contribution in [1.82, 2.24) is 30.4 Å². The second kappa shape index (κ2) is 8.19. The smallest absolute Gasteiger partial charge is 0.261 e. The number of tetrazole rings is 1. The number of halogens is 1. The van der Waals surface area contributed by atoms with Crippen molar-refractivity contribution in [3.05, 3.63) is 76.9 Å². The average Bonchev–Trinajstić information content (AvgIpc) is 3.29. The van der Waals surface area contributed by atoms with E-state index in [0.717, 1.165) is 15.3 Å². The fourth-order valence-corrected chi connectivity index (χ4v) is 3.08. The molecule has 1 aliphatic heterocycles. The second-order valence-corrected chi connectivity index (χ2v) is 6.70. The van der Waals surface area contributed by atoms with Gasteiger partial charge in [-0.1, -0.05) is 24.3 Å². The van der Waals surface area contributed by atoms with E-state index in [-0.39, 0.29) is 49.6 Å². The van der Waals surface area contributed by atoms with Crippen molar-refractivity contribution >= 4 is 17.7 Å². The molecule has 10 heteroatoms. The predicted octanol–water partition coefficient (Wildman–Crippen LogP) is 0.967. The fraction of sp³-hybridized carbons (Fsp3) is 0.200. The first-order valence-corrected chi connectivity index (χ1v) is 9.24. The summed E-state index contributed by atoms with van der Waals surface area (Å²) in [5.41, 5.74) is 1.53. The van der Waals surface area contributed by atoms with E-state index in [4.69, 9.17) is 0 Å². The number of carbonyl (C=O) groups excluding carboxylic acids is 3. The monoisotopic (exact) mass is 408 g/mol. The SMILES string of the molecule is O=C(Cn1nnc(CCN2C(=O)c3ccccc3C2=O)n1)NCc1ccc(F)cc1. The van der Waals surface area contributed by atoms with Crippen LogP contribution in [0.25, 0.3) is 0 Å². The Bertz CT molecular complexity index is 1080. The largest absolute Gasteiger partial charge is 0.350 e. The van der Waals surface area contributed by atoms with Gasteiger partial charge in [-0.3, -0.25) is 19.3 Å². The van der Waals surface area contributed by atoms with Crippen LogP contribution in [0.15, 0.2) is 48.5 Å². The van der Waals surface area contributed by atoms with E-state index >= 15 is 0 Å². The summed E-state index contributed by atoms with van der Waals surface area (Å²) in [7, 11) is 0. The van der Waals surface area contributed by atoms with Gasteiger partial charge in [0.05, 0.1) is 11.1 Å². The zero-order valence-corrected chi connectivity index (χ0v) is 15.8. The molecule has 0 atom stereocenters. The zero-order chi connectivity index (χ0) is 21.1. The Balaban J connectivity index is 1.28. The third-order valence-electron chi connectivity index (χ3n) is 4.62. The third-order valence-corrected chi connectivity index (χ3v) is 4.62. The highest BCUT2D eigenvalue weighted by molar-refractivity contribution is 6.21. The number of imide groups is 1. The third kappa shape index (κ3) is 4.07. The van der Waals surface area contributed by atoms with Crippen molar-refractivity contribution in [2.75, 3.05) is 6.54 Å². The Morgan fingerprint density at radius 1 is 1.00 bits per heavy atom. The van der Waals surface area contributed by atoms with Crippen LogP contribution in [0.4, 0.5) is 4.39 Å². The first kappa shape index (κ1) is 19.4. The highest BCUT2D eigenvalue weighted by atomic mass is 19.1. The molecule has 0 bridgehead atoms. The highest BCUT2D eigenvalue weighted by Crippen LogP contribution is 2.22. The molecule has 30 heavy (non-hydrogen) atoms. The predicted molar refractivity (Wildman–Crippen MR) is 102 cm³/mol. The molecule has 0 fully saturated rings. The number of hydrogen-bond donors (Lipinski definition) is 1. The number of hydrogen-bond acceptors (Lipinski definition) is 6. The summed E-state index contributed by atoms with van der Waals surface area (Å²) in [6.45, 7) is 0.233. The number of nitrogens with one attached hydrogen (secondary N) is 1. The van der Waals surface area contributed by atoms with Crippen LogP contribution in [0.5, 0.6) is 0 Å². The van der Waals surface area contributed by atoms with E-state index in [1.165, 1.54) is 12.1 Å². The normalized spacial score (nSPS) is 12.9. The van der Waals surface area contributed by atoms with Crippen molar-refractivity contribution in [3.63, 3.8) is 0 Å². The van der Waals surface area contributed by atoms with Crippen LogP contribution in [0.1, 0.15) is 32.1 Å². The highest BCUT2D eigenvalue weighted by Gasteiger charge is 2.34. The molecule has 3 aromatic rings. The Morgan fingerprint density at radius 2 is 1.67 bits per heavy atom. The van der Waals surface area contributed by atoms with Crippen molar-refractivity contribution in [2.24, 2.45) is 0 Å². The molecular formula is C20H17FN6O3. The van der Waals surface area contributed by atoms with E-state index in [2.05, 4.69) is 20.7 Å². The fourth-order valence-electron chi connectivity index (χ4n) is 3.08. The van der Waals surface area contributed by atoms with Gasteiger partial charge in [0.25, 0.3) is 11.8 Å². The van der Waals surface area contributed by atoms with Crippen molar-refractivity contribution in [2.45, 2.75) is 19.5 Å². The molecule has 0 spiro atoms. The molecule has 152 valence electrons. The van der Waals surface area contributed by atoms with E-state index < -0.39 is 0 Å². The Labute approximate surface area is 170 Å². The summed E-state index contributed by atoms with van der Waals surface area (Å²) >= 11 is 0. The number of rotatable bonds is 7. The maximum absolute atomic E-state index is 12.9. The van der Waals surface area contributed by atoms with Crippen LogP contribution in [0.2, 0.25) is 0 Å². The summed E-state index contributed by atoms with van der Waals surface area (Å²) in [6.07, 6.45) is 0.225. The molecule has 9 nitrogen and oxygen atoms in total. The minimum atomic E-state index is -0.344. The number of benzene rings is 2. The summed E-state index contributed by atoms with van der Waals surface area (Å²) in [5.74, 6) is -1.04. The molecule has 1 N–H and O–H groups in total. The lowest BCUT2D eigenvalue weighted by atomic mass is 10.1. The van der Waals surface area contributed by atoms with E-state index in [1.54, 1.807) is 36.4 Å². The van der Waals surface area contributed by atoms with Crippen molar-refractivity contribution < 1.29 is 18.8 Å². The van der Waals surface area contributed by atoms with E-state index in [0.29, 0.717) is 17.0 Å². The van der Waals surface area contributed by atoms with Crippen molar-refractivity contribution in [3.8, 4) is 0 Å². The standard InChI is InChI=1S/C20H17FN6O3/c21-14-7-5-13(6-8-14)11-22-18(28)12-27-24-17(23-25-27)9-10-26-19(29)15-3-1-2-4-16(15)20(26)30/h1-8H,9-12H2,(H,22,28). The van der Waals surface area contributed by atoms with E-state index in [1.807, 2.05) is 0 Å². The van der Waals surface area contributed by atoms with Crippen LogP contribution in [0.3, 0.4) is 0 Å². The summed E-state index contributed by atoms with van der Waals surface area (Å²) < 4.78 is 12.9. The quantitative estimate of drug-likeness (QED) is 0.584. The Kier molecular flexibility index (Phi) is 5.29. The van der Waals surface area contributed by atoms with E-state index in [9.17, 15) is 18.8 Å². The van der Waals surface area contributed by atoms with Gasteiger partial charge in [-0.15, -0.1) is 10.2 Å². The number of fused-ring (bicyclic) bond motifs is 1. The topological polar surface area (TPSA) is 110 Å². The Morgan fingerprint density at radius 3 is 2.33 bits per heavy atom. The van der Waals surface area contributed by atoms with Crippen molar-refractivity contribution in [1.29, 1.82) is 0 Å². The zero-order valence-electron chi connectivity index (χ0n) is 15.8. The Hall–Kier alpha value is -3.95. The molecule has 3 amide bonds. The van der Waals surface area contributed by atoms with Crippen LogP contribution in [-0.2, 0) is 24.3 Å². The van der Waals surface area contributed by atoms with Crippen LogP contribution < -0.4 is 5.32 Å². The molecular weight excluding hydrogens is 391 g/mol. The maximum atomic E-state index is 12.9. The van der Waals surface area contributed by atoms with Crippen LogP contribution in [-0.4, -0.2) is 49.4 Å². The van der Waals surface area contributed by atoms with Gasteiger partial charge in [0, 0.05) is 19.5 Å². The molecule has 2 aromatic carbocycles. The molecule has 2 heterocycles. The van der Waals surface area contributed by atoms with Gasteiger partial charge in [-0.2, -0.15) is 4.80 Å². The van der Waals surface area contributed by atoms with Gasteiger partial charge in [0.15, 0.2) is 5.82 Å². The molecule has 0 saturated heterocycles. The lowest BCUT2D eigenvalue weighted by molar-refractivity contribution is -0.122. The maximum Gasteiger partial charge on any atom is 0.261 e. The van der Waals surface area contributed by atoms with Crippen LogP contribution >= 0.6 is 0 Å². The van der Waals surface area contributed by atoms with Gasteiger partial charge in [0.1, 0.15) is 12.4 Å². The molecule has 1 aromatic heterocycles. The molecule has 0 saturated carbocycles. The number of carbonyl (C=O) groups is 3. The number of amides is 3. The van der Waals surface area contributed by atoms with Gasteiger partial charge >= 0.3 is 0 Å². The lowest BCUT2D eigenvalue weighted by Crippen LogP contribution is -2.32. The minimum absolute atomic E-state index is 0.120. The minimum Gasteiger partial charge on any atom is -0.350 e. The summed E-state index contributed by atoms with van der Waals surface area (Å²) in [6, 6.07) is 12.5. The molecule has 0 aliphatic carbocycles. The number of aromatic nitrogens is 4. The first-order valence-electron chi connectivity index (χ1n) is 9.24. The van der Waals surface area contributed by atoms with Gasteiger partial charge in [-0.25, -0.2) is 4.39 Å². The van der Waals surface area contributed by atoms with Gasteiger partial charge in [0.2, 0.25) is 5.91 Å². The summed E-state index contributed by atoms with van der Waals surface area (Å²) in [4.78, 5) is 39.0. The molecule has 4 rings (SSSR count). The first-order chi connectivity index (χ1) is 14.5. The molecule has 0 radical (unpaired) electrons. The average molecular weight is 408 g/mol. The molecule has 0 unspecified atom stereocenters. The molecule has 1 aliphatic rings.